The third kappa shape index (κ3) is 1.46. The molecule has 60 valence electrons. The van der Waals surface area contributed by atoms with E-state index < -0.39 is 12.4 Å². The fourth-order valence-corrected chi connectivity index (χ4v) is 1.11. The van der Waals surface area contributed by atoms with Crippen molar-refractivity contribution in [3.05, 3.63) is 0 Å². The van der Waals surface area contributed by atoms with Crippen LogP contribution in [0.2, 0.25) is 0 Å². The molecule has 0 aliphatic carbocycles. The van der Waals surface area contributed by atoms with Gasteiger partial charge in [-0.2, -0.15) is 0 Å². The Bertz CT molecular complexity index is 108. The molecule has 0 aromatic heterocycles. The molecule has 4 atom stereocenters. The zero-order valence-electron chi connectivity index (χ0n) is 5.90. The summed E-state index contributed by atoms with van der Waals surface area (Å²) in [5.41, 5.74) is 5.47. The van der Waals surface area contributed by atoms with Crippen LogP contribution in [0.15, 0.2) is 0 Å². The Morgan fingerprint density at radius 1 is 1.50 bits per heavy atom. The van der Waals surface area contributed by atoms with Crippen molar-refractivity contribution < 1.29 is 14.9 Å². The van der Waals surface area contributed by atoms with Crippen LogP contribution in [0.5, 0.6) is 0 Å². The van der Waals surface area contributed by atoms with Crippen LogP contribution in [0, 0.1) is 0 Å². The Balaban J connectivity index is 2.49. The summed E-state index contributed by atoms with van der Waals surface area (Å²) in [6.45, 7) is 1.81. The van der Waals surface area contributed by atoms with Crippen LogP contribution in [0.4, 0.5) is 0 Å². The SMILES string of the molecule is C[C@@H]1C[C@H](N)[C@@H](O)[C@H](O)O1. The van der Waals surface area contributed by atoms with Gasteiger partial charge < -0.3 is 20.7 Å². The molecule has 0 spiro atoms. The molecule has 1 fully saturated rings. The van der Waals surface area contributed by atoms with Crippen molar-refractivity contribution in [1.82, 2.24) is 0 Å². The Morgan fingerprint density at radius 3 is 2.60 bits per heavy atom. The molecule has 1 saturated heterocycles. The summed E-state index contributed by atoms with van der Waals surface area (Å²) in [7, 11) is 0. The summed E-state index contributed by atoms with van der Waals surface area (Å²) in [6.07, 6.45) is -1.51. The highest BCUT2D eigenvalue weighted by molar-refractivity contribution is 4.81. The van der Waals surface area contributed by atoms with E-state index in [2.05, 4.69) is 0 Å². The molecular weight excluding hydrogens is 134 g/mol. The van der Waals surface area contributed by atoms with E-state index in [4.69, 9.17) is 20.7 Å². The number of aliphatic hydroxyl groups excluding tert-OH is 2. The number of aliphatic hydroxyl groups is 2. The van der Waals surface area contributed by atoms with Gasteiger partial charge in [0.15, 0.2) is 6.29 Å². The van der Waals surface area contributed by atoms with Crippen LogP contribution in [-0.4, -0.2) is 34.8 Å². The Morgan fingerprint density at radius 2 is 2.10 bits per heavy atom. The first-order valence-corrected chi connectivity index (χ1v) is 3.38. The van der Waals surface area contributed by atoms with Crippen LogP contribution >= 0.6 is 0 Å². The standard InChI is InChI=1S/C6H13NO3/c1-3-2-4(7)5(8)6(9)10-3/h3-6,8-9H,2,7H2,1H3/t3-,4+,5-,6-/m1/s1. The fourth-order valence-electron chi connectivity index (χ4n) is 1.11. The Kier molecular flexibility index (Phi) is 2.25. The van der Waals surface area contributed by atoms with Gasteiger partial charge in [0.25, 0.3) is 0 Å². The first-order chi connectivity index (χ1) is 4.61. The third-order valence-electron chi connectivity index (χ3n) is 1.71. The number of nitrogens with two attached hydrogens (primary N) is 1. The number of hydrogen-bond donors (Lipinski definition) is 3. The van der Waals surface area contributed by atoms with Gasteiger partial charge in [-0.15, -0.1) is 0 Å². The number of hydrogen-bond acceptors (Lipinski definition) is 4. The van der Waals surface area contributed by atoms with Crippen LogP contribution in [0.25, 0.3) is 0 Å². The molecule has 0 aromatic rings. The monoisotopic (exact) mass is 147 g/mol. The lowest BCUT2D eigenvalue weighted by Crippen LogP contribution is -2.51. The van der Waals surface area contributed by atoms with Gasteiger partial charge in [-0.3, -0.25) is 0 Å². The predicted octanol–water partition coefficient (Wildman–Crippen LogP) is -1.20. The van der Waals surface area contributed by atoms with Crippen molar-refractivity contribution in [1.29, 1.82) is 0 Å². The molecule has 1 heterocycles. The molecule has 4 heteroatoms. The van der Waals surface area contributed by atoms with Gasteiger partial charge in [-0.05, 0) is 13.3 Å². The highest BCUT2D eigenvalue weighted by atomic mass is 16.6. The molecule has 4 N–H and O–H groups in total. The van der Waals surface area contributed by atoms with Crippen LogP contribution < -0.4 is 5.73 Å². The molecule has 1 rings (SSSR count). The maximum absolute atomic E-state index is 9.06. The van der Waals surface area contributed by atoms with Crippen molar-refractivity contribution in [3.63, 3.8) is 0 Å². The number of rotatable bonds is 0. The highest BCUT2D eigenvalue weighted by Crippen LogP contribution is 2.16. The molecular formula is C6H13NO3. The summed E-state index contributed by atoms with van der Waals surface area (Å²) >= 11 is 0. The molecule has 0 radical (unpaired) electrons. The van der Waals surface area contributed by atoms with E-state index in [1.165, 1.54) is 0 Å². The van der Waals surface area contributed by atoms with Crippen LogP contribution in [0.3, 0.4) is 0 Å². The van der Waals surface area contributed by atoms with Crippen molar-refractivity contribution in [2.45, 2.75) is 37.9 Å². The lowest BCUT2D eigenvalue weighted by Gasteiger charge is -2.33. The van der Waals surface area contributed by atoms with Gasteiger partial charge >= 0.3 is 0 Å². The second-order valence-corrected chi connectivity index (χ2v) is 2.73. The van der Waals surface area contributed by atoms with E-state index in [0.29, 0.717) is 6.42 Å². The third-order valence-corrected chi connectivity index (χ3v) is 1.71. The second kappa shape index (κ2) is 2.84. The first kappa shape index (κ1) is 7.94. The van der Waals surface area contributed by atoms with Gasteiger partial charge in [0, 0.05) is 6.04 Å². The van der Waals surface area contributed by atoms with Crippen LogP contribution in [0.1, 0.15) is 13.3 Å². The summed E-state index contributed by atoms with van der Waals surface area (Å²) in [6, 6.07) is -0.362. The molecule has 1 aliphatic heterocycles. The van der Waals surface area contributed by atoms with Gasteiger partial charge in [0.2, 0.25) is 0 Å². The van der Waals surface area contributed by atoms with Gasteiger partial charge in [0.1, 0.15) is 6.10 Å². The van der Waals surface area contributed by atoms with Crippen molar-refractivity contribution in [3.8, 4) is 0 Å². The van der Waals surface area contributed by atoms with Crippen molar-refractivity contribution in [2.24, 2.45) is 5.73 Å². The maximum atomic E-state index is 9.06. The quantitative estimate of drug-likeness (QED) is 0.402. The molecule has 0 aromatic carbocycles. The van der Waals surface area contributed by atoms with Crippen molar-refractivity contribution in [2.75, 3.05) is 0 Å². The molecule has 10 heavy (non-hydrogen) atoms. The Hall–Kier alpha value is -0.160. The minimum atomic E-state index is -1.11. The summed E-state index contributed by atoms with van der Waals surface area (Å²) in [4.78, 5) is 0. The average Bonchev–Trinajstić information content (AvgIpc) is 1.82. The van der Waals surface area contributed by atoms with E-state index in [9.17, 15) is 0 Å². The topological polar surface area (TPSA) is 75.7 Å². The van der Waals surface area contributed by atoms with Gasteiger partial charge in [0.05, 0.1) is 6.10 Å². The molecule has 0 bridgehead atoms. The molecule has 0 amide bonds. The van der Waals surface area contributed by atoms with E-state index in [1.807, 2.05) is 6.92 Å². The first-order valence-electron chi connectivity index (χ1n) is 3.38. The van der Waals surface area contributed by atoms with E-state index in [0.717, 1.165) is 0 Å². The van der Waals surface area contributed by atoms with E-state index in [-0.39, 0.29) is 12.1 Å². The smallest absolute Gasteiger partial charge is 0.182 e. The molecule has 4 nitrogen and oxygen atoms in total. The van der Waals surface area contributed by atoms with Gasteiger partial charge in [-0.25, -0.2) is 0 Å². The highest BCUT2D eigenvalue weighted by Gasteiger charge is 2.32. The normalized spacial score (nSPS) is 49.2. The lowest BCUT2D eigenvalue weighted by atomic mass is 10.0. The second-order valence-electron chi connectivity index (χ2n) is 2.73. The lowest BCUT2D eigenvalue weighted by molar-refractivity contribution is -0.216. The summed E-state index contributed by atoms with van der Waals surface area (Å²) in [5.74, 6) is 0. The minimum Gasteiger partial charge on any atom is -0.386 e. The predicted molar refractivity (Wildman–Crippen MR) is 35.2 cm³/mol. The van der Waals surface area contributed by atoms with Gasteiger partial charge in [-0.1, -0.05) is 0 Å². The van der Waals surface area contributed by atoms with Crippen molar-refractivity contribution >= 4 is 0 Å². The zero-order valence-corrected chi connectivity index (χ0v) is 5.90. The maximum Gasteiger partial charge on any atom is 0.182 e. The number of ether oxygens (including phenoxy) is 1. The average molecular weight is 147 g/mol. The van der Waals surface area contributed by atoms with E-state index in [1.54, 1.807) is 0 Å². The molecule has 0 unspecified atom stereocenters. The minimum absolute atomic E-state index is 0.0617. The molecule has 1 aliphatic rings. The molecule has 0 saturated carbocycles. The summed E-state index contributed by atoms with van der Waals surface area (Å²) in [5, 5.41) is 18.0. The van der Waals surface area contributed by atoms with Crippen LogP contribution in [-0.2, 0) is 4.74 Å². The Labute approximate surface area is 59.6 Å². The fraction of sp³-hybridized carbons (Fsp3) is 1.00. The summed E-state index contributed by atoms with van der Waals surface area (Å²) < 4.78 is 4.89. The van der Waals surface area contributed by atoms with E-state index >= 15 is 0 Å². The zero-order chi connectivity index (χ0) is 7.72. The largest absolute Gasteiger partial charge is 0.386 e.